The average Bonchev–Trinajstić information content (AvgIpc) is 2.69. The Hall–Kier alpha value is -2.87. The minimum atomic E-state index is -0.284. The van der Waals surface area contributed by atoms with Gasteiger partial charge in [0, 0.05) is 4.47 Å². The van der Waals surface area contributed by atoms with E-state index < -0.39 is 0 Å². The number of carbonyl (C=O) groups is 1. The molecule has 146 valence electrons. The van der Waals surface area contributed by atoms with Crippen molar-refractivity contribution in [1.82, 2.24) is 14.9 Å². The molecule has 0 radical (unpaired) electrons. The van der Waals surface area contributed by atoms with Crippen LogP contribution in [0.3, 0.4) is 0 Å². The van der Waals surface area contributed by atoms with E-state index in [-0.39, 0.29) is 18.0 Å². The van der Waals surface area contributed by atoms with Crippen LogP contribution in [0.1, 0.15) is 6.92 Å². The third kappa shape index (κ3) is 5.10. The van der Waals surface area contributed by atoms with E-state index in [2.05, 4.69) is 26.2 Å². The number of amides is 1. The van der Waals surface area contributed by atoms with Crippen LogP contribution in [0.5, 0.6) is 11.5 Å². The van der Waals surface area contributed by atoms with Gasteiger partial charge in [0.1, 0.15) is 24.7 Å². The largest absolute Gasteiger partial charge is 0.494 e. The van der Waals surface area contributed by atoms with Crippen molar-refractivity contribution in [2.45, 2.75) is 13.5 Å². The van der Waals surface area contributed by atoms with E-state index in [1.165, 1.54) is 10.9 Å². The molecule has 1 N–H and O–H groups in total. The first-order valence-corrected chi connectivity index (χ1v) is 9.63. The maximum absolute atomic E-state index is 12.5. The van der Waals surface area contributed by atoms with Gasteiger partial charge in [-0.2, -0.15) is 0 Å². The van der Waals surface area contributed by atoms with E-state index in [0.717, 1.165) is 10.2 Å². The zero-order valence-corrected chi connectivity index (χ0v) is 16.9. The van der Waals surface area contributed by atoms with Crippen molar-refractivity contribution in [2.24, 2.45) is 0 Å². The topological polar surface area (TPSA) is 82.4 Å². The molecule has 0 aliphatic rings. The lowest BCUT2D eigenvalue weighted by molar-refractivity contribution is -0.121. The van der Waals surface area contributed by atoms with Crippen molar-refractivity contribution >= 4 is 32.7 Å². The van der Waals surface area contributed by atoms with Crippen LogP contribution in [-0.4, -0.2) is 35.2 Å². The first-order valence-electron chi connectivity index (χ1n) is 8.84. The SMILES string of the molecule is CCOc1ccc(OCCNC(=O)Cn2cnc3ccc(Br)cc3c2=O)cc1. The summed E-state index contributed by atoms with van der Waals surface area (Å²) in [6.45, 7) is 3.08. The normalized spacial score (nSPS) is 10.6. The van der Waals surface area contributed by atoms with Gasteiger partial charge in [-0.25, -0.2) is 4.98 Å². The molecule has 0 unspecified atom stereocenters. The fourth-order valence-electron chi connectivity index (χ4n) is 2.61. The molecule has 1 heterocycles. The Kier molecular flexibility index (Phi) is 6.65. The number of rotatable bonds is 8. The molecule has 7 nitrogen and oxygen atoms in total. The lowest BCUT2D eigenvalue weighted by Gasteiger charge is -2.10. The van der Waals surface area contributed by atoms with Gasteiger partial charge in [-0.3, -0.25) is 14.2 Å². The van der Waals surface area contributed by atoms with Crippen molar-refractivity contribution < 1.29 is 14.3 Å². The molecule has 0 bridgehead atoms. The van der Waals surface area contributed by atoms with Crippen LogP contribution < -0.4 is 20.3 Å². The Morgan fingerprint density at radius 2 is 1.86 bits per heavy atom. The Bertz CT molecular complexity index is 1020. The number of ether oxygens (including phenoxy) is 2. The van der Waals surface area contributed by atoms with Gasteiger partial charge in [0.05, 0.1) is 30.4 Å². The van der Waals surface area contributed by atoms with Crippen molar-refractivity contribution in [3.05, 3.63) is 63.6 Å². The number of nitrogens with zero attached hydrogens (tertiary/aromatic N) is 2. The lowest BCUT2D eigenvalue weighted by Crippen LogP contribution is -2.34. The molecular weight excluding hydrogens is 426 g/mol. The summed E-state index contributed by atoms with van der Waals surface area (Å²) in [6.07, 6.45) is 1.38. The van der Waals surface area contributed by atoms with E-state index in [1.54, 1.807) is 12.1 Å². The van der Waals surface area contributed by atoms with Gasteiger partial charge in [0.25, 0.3) is 5.56 Å². The molecule has 8 heteroatoms. The zero-order valence-electron chi connectivity index (χ0n) is 15.4. The third-order valence-corrected chi connectivity index (χ3v) is 4.42. The highest BCUT2D eigenvalue weighted by molar-refractivity contribution is 9.10. The fraction of sp³-hybridized carbons (Fsp3) is 0.250. The molecule has 28 heavy (non-hydrogen) atoms. The summed E-state index contributed by atoms with van der Waals surface area (Å²) < 4.78 is 13.0. The molecular formula is C20H20BrN3O4. The average molecular weight is 446 g/mol. The Balaban J connectivity index is 1.50. The molecule has 0 aliphatic carbocycles. The molecule has 1 amide bonds. The summed E-state index contributed by atoms with van der Waals surface area (Å²) in [4.78, 5) is 28.8. The Morgan fingerprint density at radius 3 is 2.57 bits per heavy atom. The van der Waals surface area contributed by atoms with Gasteiger partial charge in [0.2, 0.25) is 5.91 Å². The van der Waals surface area contributed by atoms with Crippen LogP contribution in [0.4, 0.5) is 0 Å². The molecule has 1 aromatic heterocycles. The molecule has 0 saturated heterocycles. The van der Waals surface area contributed by atoms with E-state index in [1.807, 2.05) is 37.3 Å². The minimum absolute atomic E-state index is 0.0999. The summed E-state index contributed by atoms with van der Waals surface area (Å²) >= 11 is 3.34. The van der Waals surface area contributed by atoms with Gasteiger partial charge in [-0.15, -0.1) is 0 Å². The van der Waals surface area contributed by atoms with Crippen LogP contribution in [0.2, 0.25) is 0 Å². The lowest BCUT2D eigenvalue weighted by atomic mass is 10.2. The molecule has 0 fully saturated rings. The predicted octanol–water partition coefficient (Wildman–Crippen LogP) is 2.75. The molecule has 0 aliphatic heterocycles. The maximum Gasteiger partial charge on any atom is 0.261 e. The monoisotopic (exact) mass is 445 g/mol. The van der Waals surface area contributed by atoms with Crippen LogP contribution in [0, 0.1) is 0 Å². The molecule has 0 spiro atoms. The summed E-state index contributed by atoms with van der Waals surface area (Å²) in [5.41, 5.74) is 0.334. The zero-order chi connectivity index (χ0) is 19.9. The first kappa shape index (κ1) is 19.9. The van der Waals surface area contributed by atoms with Gasteiger partial charge in [-0.1, -0.05) is 15.9 Å². The number of fused-ring (bicyclic) bond motifs is 1. The van der Waals surface area contributed by atoms with Gasteiger partial charge >= 0.3 is 0 Å². The van der Waals surface area contributed by atoms with Crippen molar-refractivity contribution in [3.63, 3.8) is 0 Å². The number of aromatic nitrogens is 2. The molecule has 2 aromatic carbocycles. The second-order valence-corrected chi connectivity index (χ2v) is 6.86. The molecule has 3 rings (SSSR count). The summed E-state index contributed by atoms with van der Waals surface area (Å²) in [6, 6.07) is 12.5. The summed E-state index contributed by atoms with van der Waals surface area (Å²) in [5, 5.41) is 3.20. The van der Waals surface area contributed by atoms with E-state index in [4.69, 9.17) is 9.47 Å². The highest BCUT2D eigenvalue weighted by Gasteiger charge is 2.08. The van der Waals surface area contributed by atoms with Crippen molar-refractivity contribution in [3.8, 4) is 11.5 Å². The first-order chi connectivity index (χ1) is 13.6. The summed E-state index contributed by atoms with van der Waals surface area (Å²) in [5.74, 6) is 1.19. The van der Waals surface area contributed by atoms with E-state index in [9.17, 15) is 9.59 Å². The number of hydrogen-bond donors (Lipinski definition) is 1. The second-order valence-electron chi connectivity index (χ2n) is 5.94. The standard InChI is InChI=1S/C20H20BrN3O4/c1-2-27-15-4-6-16(7-5-15)28-10-9-22-19(25)12-24-13-23-18-8-3-14(21)11-17(18)20(24)26/h3-8,11,13H,2,9-10,12H2,1H3,(H,22,25). The van der Waals surface area contributed by atoms with E-state index >= 15 is 0 Å². The molecule has 0 saturated carbocycles. The molecule has 0 atom stereocenters. The summed E-state index contributed by atoms with van der Waals surface area (Å²) in [7, 11) is 0. The number of halogens is 1. The van der Waals surface area contributed by atoms with Crippen molar-refractivity contribution in [2.75, 3.05) is 19.8 Å². The number of nitrogens with one attached hydrogen (secondary N) is 1. The maximum atomic E-state index is 12.5. The molecule has 3 aromatic rings. The quantitative estimate of drug-likeness (QED) is 0.539. The fourth-order valence-corrected chi connectivity index (χ4v) is 2.97. The smallest absolute Gasteiger partial charge is 0.261 e. The second kappa shape index (κ2) is 9.36. The predicted molar refractivity (Wildman–Crippen MR) is 110 cm³/mol. The van der Waals surface area contributed by atoms with Gasteiger partial charge in [-0.05, 0) is 49.4 Å². The van der Waals surface area contributed by atoms with Crippen LogP contribution in [0.15, 0.2) is 58.1 Å². The number of hydrogen-bond acceptors (Lipinski definition) is 5. The van der Waals surface area contributed by atoms with Crippen LogP contribution in [0.25, 0.3) is 10.9 Å². The van der Waals surface area contributed by atoms with Gasteiger partial charge in [0.15, 0.2) is 0 Å². The highest BCUT2D eigenvalue weighted by atomic mass is 79.9. The third-order valence-electron chi connectivity index (χ3n) is 3.93. The minimum Gasteiger partial charge on any atom is -0.494 e. The van der Waals surface area contributed by atoms with Crippen LogP contribution in [-0.2, 0) is 11.3 Å². The number of benzene rings is 2. The van der Waals surface area contributed by atoms with E-state index in [0.29, 0.717) is 36.4 Å². The van der Waals surface area contributed by atoms with Gasteiger partial charge < -0.3 is 14.8 Å². The number of carbonyl (C=O) groups excluding carboxylic acids is 1. The Labute approximate surface area is 170 Å². The Morgan fingerprint density at radius 1 is 1.14 bits per heavy atom. The van der Waals surface area contributed by atoms with Crippen molar-refractivity contribution in [1.29, 1.82) is 0 Å². The van der Waals surface area contributed by atoms with Crippen LogP contribution >= 0.6 is 15.9 Å². The highest BCUT2D eigenvalue weighted by Crippen LogP contribution is 2.17.